The summed E-state index contributed by atoms with van der Waals surface area (Å²) < 4.78 is 5.84. The van der Waals surface area contributed by atoms with Gasteiger partial charge >= 0.3 is 6.03 Å². The molecule has 0 radical (unpaired) electrons. The number of carbonyl (C=O) groups is 1. The van der Waals surface area contributed by atoms with E-state index >= 15 is 0 Å². The van der Waals surface area contributed by atoms with Gasteiger partial charge in [0.25, 0.3) is 0 Å². The minimum Gasteiger partial charge on any atom is -0.436 e. The molecule has 2 amide bonds. The van der Waals surface area contributed by atoms with Crippen LogP contribution in [0.1, 0.15) is 32.1 Å². The van der Waals surface area contributed by atoms with Gasteiger partial charge in [-0.1, -0.05) is 36.9 Å². The van der Waals surface area contributed by atoms with E-state index in [0.29, 0.717) is 22.2 Å². The van der Waals surface area contributed by atoms with Crippen LogP contribution in [0.3, 0.4) is 0 Å². The molecule has 1 heterocycles. The highest BCUT2D eigenvalue weighted by Crippen LogP contribution is 2.27. The van der Waals surface area contributed by atoms with Crippen LogP contribution in [0.25, 0.3) is 22.6 Å². The zero-order chi connectivity index (χ0) is 17.9. The molecule has 1 aromatic heterocycles. The van der Waals surface area contributed by atoms with Crippen LogP contribution in [0.4, 0.5) is 10.5 Å². The molecule has 0 atom stereocenters. The maximum Gasteiger partial charge on any atom is 0.319 e. The fourth-order valence-electron chi connectivity index (χ4n) is 3.35. The summed E-state index contributed by atoms with van der Waals surface area (Å²) in [6.45, 7) is 0. The van der Waals surface area contributed by atoms with Gasteiger partial charge in [0, 0.05) is 28.4 Å². The summed E-state index contributed by atoms with van der Waals surface area (Å²) in [7, 11) is 0. The number of hydrogen-bond acceptors (Lipinski definition) is 3. The Hall–Kier alpha value is -2.53. The van der Waals surface area contributed by atoms with E-state index in [1.807, 2.05) is 30.3 Å². The van der Waals surface area contributed by atoms with Crippen LogP contribution in [0.5, 0.6) is 0 Å². The molecule has 4 rings (SSSR count). The molecular weight excluding hydrogens is 350 g/mol. The van der Waals surface area contributed by atoms with Gasteiger partial charge in [0.1, 0.15) is 5.52 Å². The van der Waals surface area contributed by atoms with E-state index in [0.717, 1.165) is 23.9 Å². The van der Waals surface area contributed by atoms with Crippen molar-refractivity contribution in [1.82, 2.24) is 10.3 Å². The normalized spacial score (nSPS) is 15.1. The Balaban J connectivity index is 1.49. The summed E-state index contributed by atoms with van der Waals surface area (Å²) in [4.78, 5) is 16.7. The van der Waals surface area contributed by atoms with E-state index in [4.69, 9.17) is 16.0 Å². The minimum absolute atomic E-state index is 0.175. The highest BCUT2D eigenvalue weighted by Gasteiger charge is 2.16. The molecule has 6 heteroatoms. The van der Waals surface area contributed by atoms with Gasteiger partial charge in [0.05, 0.1) is 0 Å². The average Bonchev–Trinajstić information content (AvgIpc) is 3.06. The highest BCUT2D eigenvalue weighted by molar-refractivity contribution is 6.30. The number of urea groups is 1. The number of oxazole rings is 1. The number of nitrogens with one attached hydrogen (secondary N) is 2. The predicted molar refractivity (Wildman–Crippen MR) is 103 cm³/mol. The number of halogens is 1. The van der Waals surface area contributed by atoms with E-state index < -0.39 is 0 Å². The van der Waals surface area contributed by atoms with Gasteiger partial charge in [-0.15, -0.1) is 0 Å². The van der Waals surface area contributed by atoms with E-state index in [9.17, 15) is 4.79 Å². The topological polar surface area (TPSA) is 67.2 Å². The van der Waals surface area contributed by atoms with Crippen LogP contribution < -0.4 is 10.6 Å². The lowest BCUT2D eigenvalue weighted by Gasteiger charge is -2.22. The van der Waals surface area contributed by atoms with Crippen molar-refractivity contribution in [1.29, 1.82) is 0 Å². The average molecular weight is 370 g/mol. The molecule has 2 N–H and O–H groups in total. The molecule has 0 bridgehead atoms. The number of benzene rings is 2. The van der Waals surface area contributed by atoms with E-state index in [-0.39, 0.29) is 12.1 Å². The van der Waals surface area contributed by atoms with E-state index in [2.05, 4.69) is 15.6 Å². The number of anilines is 1. The zero-order valence-corrected chi connectivity index (χ0v) is 15.1. The van der Waals surface area contributed by atoms with Crippen molar-refractivity contribution in [2.75, 3.05) is 5.32 Å². The minimum atomic E-state index is -0.175. The van der Waals surface area contributed by atoms with Crippen molar-refractivity contribution in [3.63, 3.8) is 0 Å². The van der Waals surface area contributed by atoms with Gasteiger partial charge in [-0.3, -0.25) is 0 Å². The van der Waals surface area contributed by atoms with Crippen LogP contribution in [-0.2, 0) is 0 Å². The quantitative estimate of drug-likeness (QED) is 0.631. The number of nitrogens with zero attached hydrogens (tertiary/aromatic N) is 1. The van der Waals surface area contributed by atoms with Gasteiger partial charge in [-0.25, -0.2) is 9.78 Å². The Morgan fingerprint density at radius 2 is 1.96 bits per heavy atom. The van der Waals surface area contributed by atoms with Crippen LogP contribution in [-0.4, -0.2) is 17.1 Å². The molecule has 3 aromatic rings. The molecule has 2 aromatic carbocycles. The first-order chi connectivity index (χ1) is 12.7. The number of fused-ring (bicyclic) bond motifs is 1. The number of carbonyl (C=O) groups excluding carboxylic acids is 1. The molecule has 1 aliphatic carbocycles. The molecule has 1 aliphatic rings. The summed E-state index contributed by atoms with van der Waals surface area (Å²) in [6.07, 6.45) is 5.73. The molecule has 0 aliphatic heterocycles. The number of rotatable bonds is 3. The van der Waals surface area contributed by atoms with Gasteiger partial charge in [-0.05, 0) is 43.2 Å². The lowest BCUT2D eigenvalue weighted by Crippen LogP contribution is -2.38. The van der Waals surface area contributed by atoms with Crippen LogP contribution in [0.2, 0.25) is 5.02 Å². The second-order valence-electron chi connectivity index (χ2n) is 6.65. The molecule has 26 heavy (non-hydrogen) atoms. The lowest BCUT2D eigenvalue weighted by atomic mass is 9.96. The van der Waals surface area contributed by atoms with Crippen molar-refractivity contribution >= 4 is 34.4 Å². The summed E-state index contributed by atoms with van der Waals surface area (Å²) in [6, 6.07) is 12.9. The largest absolute Gasteiger partial charge is 0.436 e. The predicted octanol–water partition coefficient (Wildman–Crippen LogP) is 5.60. The molecule has 5 nitrogen and oxygen atoms in total. The van der Waals surface area contributed by atoms with Crippen LogP contribution in [0.15, 0.2) is 46.9 Å². The van der Waals surface area contributed by atoms with Gasteiger partial charge < -0.3 is 15.1 Å². The zero-order valence-electron chi connectivity index (χ0n) is 14.3. The van der Waals surface area contributed by atoms with E-state index in [1.165, 1.54) is 19.3 Å². The van der Waals surface area contributed by atoms with Crippen LogP contribution >= 0.6 is 11.6 Å². The fourth-order valence-corrected chi connectivity index (χ4v) is 3.54. The SMILES string of the molecule is O=C(Nc1ccc2nc(-c3cccc(Cl)c3)oc2c1)NC1CCCCC1. The Labute approximate surface area is 156 Å². The third kappa shape index (κ3) is 3.83. The highest BCUT2D eigenvalue weighted by atomic mass is 35.5. The van der Waals surface area contributed by atoms with Crippen molar-refractivity contribution in [2.24, 2.45) is 0 Å². The summed E-state index contributed by atoms with van der Waals surface area (Å²) in [5, 5.41) is 6.55. The first-order valence-corrected chi connectivity index (χ1v) is 9.29. The molecule has 0 spiro atoms. The first kappa shape index (κ1) is 16.9. The second kappa shape index (κ2) is 7.38. The standard InChI is InChI=1S/C20H20ClN3O2/c21-14-6-4-5-13(11-14)19-24-17-10-9-16(12-18(17)26-19)23-20(25)22-15-7-2-1-3-8-15/h4-6,9-12,15H,1-3,7-8H2,(H2,22,23,25). The third-order valence-corrected chi connectivity index (χ3v) is 4.89. The number of hydrogen-bond donors (Lipinski definition) is 2. The van der Waals surface area contributed by atoms with Crippen LogP contribution in [0, 0.1) is 0 Å². The summed E-state index contributed by atoms with van der Waals surface area (Å²) in [5.41, 5.74) is 2.85. The molecule has 1 fully saturated rings. The van der Waals surface area contributed by atoms with Crippen molar-refractivity contribution in [3.05, 3.63) is 47.5 Å². The fraction of sp³-hybridized carbons (Fsp3) is 0.300. The molecule has 134 valence electrons. The smallest absolute Gasteiger partial charge is 0.319 e. The summed E-state index contributed by atoms with van der Waals surface area (Å²) in [5.74, 6) is 0.506. The Kier molecular flexibility index (Phi) is 4.80. The summed E-state index contributed by atoms with van der Waals surface area (Å²) >= 11 is 6.03. The van der Waals surface area contributed by atoms with Crippen molar-refractivity contribution < 1.29 is 9.21 Å². The van der Waals surface area contributed by atoms with Crippen molar-refractivity contribution in [2.45, 2.75) is 38.1 Å². The number of amides is 2. The lowest BCUT2D eigenvalue weighted by molar-refractivity contribution is 0.244. The van der Waals surface area contributed by atoms with Crippen molar-refractivity contribution in [3.8, 4) is 11.5 Å². The van der Waals surface area contributed by atoms with Gasteiger partial charge in [0.2, 0.25) is 5.89 Å². The molecule has 0 saturated heterocycles. The molecular formula is C20H20ClN3O2. The number of aromatic nitrogens is 1. The maximum absolute atomic E-state index is 12.2. The molecule has 0 unspecified atom stereocenters. The second-order valence-corrected chi connectivity index (χ2v) is 7.08. The monoisotopic (exact) mass is 369 g/mol. The Bertz CT molecular complexity index is 932. The maximum atomic E-state index is 12.2. The Morgan fingerprint density at radius 3 is 2.77 bits per heavy atom. The van der Waals surface area contributed by atoms with E-state index in [1.54, 1.807) is 12.1 Å². The Morgan fingerprint density at radius 1 is 1.12 bits per heavy atom. The van der Waals surface area contributed by atoms with Gasteiger partial charge in [0.15, 0.2) is 5.58 Å². The first-order valence-electron chi connectivity index (χ1n) is 8.91. The molecule has 1 saturated carbocycles. The van der Waals surface area contributed by atoms with Gasteiger partial charge in [-0.2, -0.15) is 0 Å². The third-order valence-electron chi connectivity index (χ3n) is 4.66.